The van der Waals surface area contributed by atoms with Gasteiger partial charge >= 0.3 is 6.36 Å². The molecule has 0 saturated carbocycles. The molecule has 1 atom stereocenters. The van der Waals surface area contributed by atoms with Crippen LogP contribution in [0.5, 0.6) is 5.75 Å². The molecule has 0 aliphatic rings. The molecule has 0 aliphatic carbocycles. The largest absolute Gasteiger partial charge is 0.573 e. The number of alkyl halides is 3. The quantitative estimate of drug-likeness (QED) is 0.870. The van der Waals surface area contributed by atoms with Crippen LogP contribution < -0.4 is 15.8 Å². The van der Waals surface area contributed by atoms with Crippen LogP contribution in [0.25, 0.3) is 0 Å². The minimum absolute atomic E-state index is 0.0661. The molecule has 116 valence electrons. The third kappa shape index (κ3) is 5.33. The van der Waals surface area contributed by atoms with Crippen LogP contribution in [0.2, 0.25) is 0 Å². The summed E-state index contributed by atoms with van der Waals surface area (Å²) in [5.41, 5.74) is 5.08. The topological polar surface area (TPSA) is 81.4 Å². The van der Waals surface area contributed by atoms with Crippen molar-refractivity contribution in [3.63, 3.8) is 0 Å². The first-order chi connectivity index (χ1) is 9.60. The zero-order valence-electron chi connectivity index (χ0n) is 11.4. The first kappa shape index (κ1) is 16.8. The van der Waals surface area contributed by atoms with Crippen LogP contribution in [0.4, 0.5) is 13.2 Å². The van der Waals surface area contributed by atoms with Crippen molar-refractivity contribution in [2.45, 2.75) is 26.3 Å². The van der Waals surface area contributed by atoms with Crippen molar-refractivity contribution in [3.05, 3.63) is 29.8 Å². The van der Waals surface area contributed by atoms with Gasteiger partial charge in [-0.3, -0.25) is 9.59 Å². The third-order valence-electron chi connectivity index (χ3n) is 2.59. The minimum atomic E-state index is -4.84. The second kappa shape index (κ2) is 6.47. The molecule has 0 bridgehead atoms. The second-order valence-electron chi connectivity index (χ2n) is 4.67. The van der Waals surface area contributed by atoms with E-state index in [4.69, 9.17) is 5.73 Å². The molecule has 3 N–H and O–H groups in total. The van der Waals surface area contributed by atoms with Crippen LogP contribution >= 0.6 is 0 Å². The van der Waals surface area contributed by atoms with Gasteiger partial charge in [-0.1, -0.05) is 19.9 Å². The number of benzene rings is 1. The van der Waals surface area contributed by atoms with E-state index in [1.165, 1.54) is 12.1 Å². The van der Waals surface area contributed by atoms with Crippen LogP contribution in [0.3, 0.4) is 0 Å². The zero-order chi connectivity index (χ0) is 16.2. The maximum Gasteiger partial charge on any atom is 0.573 e. The number of halogens is 3. The fourth-order valence-corrected chi connectivity index (χ4v) is 1.63. The Morgan fingerprint density at radius 1 is 1.29 bits per heavy atom. The predicted octanol–water partition coefficient (Wildman–Crippen LogP) is 1.82. The molecule has 0 aromatic heterocycles. The Kier molecular flexibility index (Phi) is 5.17. The van der Waals surface area contributed by atoms with Crippen LogP contribution in [0, 0.1) is 5.92 Å². The molecule has 21 heavy (non-hydrogen) atoms. The highest BCUT2D eigenvalue weighted by Crippen LogP contribution is 2.23. The van der Waals surface area contributed by atoms with E-state index in [1.807, 2.05) is 0 Å². The lowest BCUT2D eigenvalue weighted by Gasteiger charge is -2.19. The Hall–Kier alpha value is -2.25. The third-order valence-corrected chi connectivity index (χ3v) is 2.59. The summed E-state index contributed by atoms with van der Waals surface area (Å²) in [5.74, 6) is -2.20. The molecule has 0 aliphatic heterocycles. The Morgan fingerprint density at radius 3 is 2.38 bits per heavy atom. The lowest BCUT2D eigenvalue weighted by Crippen LogP contribution is -2.47. The van der Waals surface area contributed by atoms with Gasteiger partial charge in [0.2, 0.25) is 5.91 Å². The summed E-state index contributed by atoms with van der Waals surface area (Å²) in [6, 6.07) is 3.63. The Labute approximate surface area is 119 Å². The van der Waals surface area contributed by atoms with Gasteiger partial charge in [-0.2, -0.15) is 0 Å². The van der Waals surface area contributed by atoms with E-state index >= 15 is 0 Å². The van der Waals surface area contributed by atoms with Gasteiger partial charge in [0.1, 0.15) is 11.8 Å². The molecule has 1 aromatic carbocycles. The number of nitrogens with two attached hydrogens (primary N) is 1. The van der Waals surface area contributed by atoms with Crippen molar-refractivity contribution in [2.75, 3.05) is 0 Å². The number of hydrogen-bond donors (Lipinski definition) is 2. The molecule has 0 unspecified atom stereocenters. The maximum absolute atomic E-state index is 12.1. The summed E-state index contributed by atoms with van der Waals surface area (Å²) in [4.78, 5) is 23.1. The SMILES string of the molecule is CC(C)[C@H](NC(=O)c1cccc(OC(F)(F)F)c1)C(N)=O. The number of carbonyl (C=O) groups excluding carboxylic acids is 2. The van der Waals surface area contributed by atoms with Gasteiger partial charge in [0.15, 0.2) is 0 Å². The van der Waals surface area contributed by atoms with Gasteiger partial charge in [0.05, 0.1) is 0 Å². The van der Waals surface area contributed by atoms with Crippen molar-refractivity contribution in [3.8, 4) is 5.75 Å². The summed E-state index contributed by atoms with van der Waals surface area (Å²) < 4.78 is 40.1. The summed E-state index contributed by atoms with van der Waals surface area (Å²) in [6.45, 7) is 3.36. The standard InChI is InChI=1S/C13H15F3N2O3/c1-7(2)10(11(17)19)18-12(20)8-4-3-5-9(6-8)21-13(14,15)16/h3-7,10H,1-2H3,(H2,17,19)(H,18,20)/t10-/m0/s1. The van der Waals surface area contributed by atoms with E-state index in [1.54, 1.807) is 13.8 Å². The van der Waals surface area contributed by atoms with Crippen molar-refractivity contribution >= 4 is 11.8 Å². The highest BCUT2D eigenvalue weighted by atomic mass is 19.4. The molecule has 1 rings (SSSR count). The Balaban J connectivity index is 2.88. The first-order valence-corrected chi connectivity index (χ1v) is 6.06. The molecule has 0 spiro atoms. The number of rotatable bonds is 5. The summed E-state index contributed by atoms with van der Waals surface area (Å²) in [7, 11) is 0. The smallest absolute Gasteiger partial charge is 0.406 e. The van der Waals surface area contributed by atoms with Crippen LogP contribution in [-0.2, 0) is 4.79 Å². The Bertz CT molecular complexity index is 530. The predicted molar refractivity (Wildman–Crippen MR) is 68.4 cm³/mol. The van der Waals surface area contributed by atoms with Gasteiger partial charge < -0.3 is 15.8 Å². The molecule has 5 nitrogen and oxygen atoms in total. The maximum atomic E-state index is 12.1. The van der Waals surface area contributed by atoms with Gasteiger partial charge in [0, 0.05) is 5.56 Å². The van der Waals surface area contributed by atoms with Crippen LogP contribution in [-0.4, -0.2) is 24.2 Å². The number of primary amides is 1. The van der Waals surface area contributed by atoms with E-state index in [9.17, 15) is 22.8 Å². The van der Waals surface area contributed by atoms with E-state index in [0.29, 0.717) is 0 Å². The molecule has 1 aromatic rings. The molecular formula is C13H15F3N2O3. The summed E-state index contributed by atoms with van der Waals surface area (Å²) in [5, 5.41) is 2.37. The Morgan fingerprint density at radius 2 is 1.90 bits per heavy atom. The molecule has 0 saturated heterocycles. The van der Waals surface area contributed by atoms with E-state index < -0.39 is 30.0 Å². The zero-order valence-corrected chi connectivity index (χ0v) is 11.4. The molecule has 0 fully saturated rings. The first-order valence-electron chi connectivity index (χ1n) is 6.06. The number of carbonyl (C=O) groups is 2. The van der Waals surface area contributed by atoms with E-state index in [2.05, 4.69) is 10.1 Å². The lowest BCUT2D eigenvalue weighted by molar-refractivity contribution is -0.274. The van der Waals surface area contributed by atoms with Crippen LogP contribution in [0.15, 0.2) is 24.3 Å². The highest BCUT2D eigenvalue weighted by Gasteiger charge is 2.31. The molecule has 0 heterocycles. The number of amides is 2. The average molecular weight is 304 g/mol. The normalized spacial score (nSPS) is 12.9. The monoisotopic (exact) mass is 304 g/mol. The van der Waals surface area contributed by atoms with E-state index in [-0.39, 0.29) is 11.5 Å². The fraction of sp³-hybridized carbons (Fsp3) is 0.385. The minimum Gasteiger partial charge on any atom is -0.406 e. The molecule has 8 heteroatoms. The van der Waals surface area contributed by atoms with Crippen LogP contribution in [0.1, 0.15) is 24.2 Å². The number of ether oxygens (including phenoxy) is 1. The average Bonchev–Trinajstić information content (AvgIpc) is 2.33. The molecular weight excluding hydrogens is 289 g/mol. The van der Waals surface area contributed by atoms with E-state index in [0.717, 1.165) is 12.1 Å². The number of hydrogen-bond acceptors (Lipinski definition) is 3. The lowest BCUT2D eigenvalue weighted by atomic mass is 10.0. The van der Waals surface area contributed by atoms with Gasteiger partial charge in [-0.15, -0.1) is 13.2 Å². The van der Waals surface area contributed by atoms with Gasteiger partial charge in [-0.05, 0) is 24.1 Å². The fourth-order valence-electron chi connectivity index (χ4n) is 1.63. The van der Waals surface area contributed by atoms with Crippen molar-refractivity contribution in [2.24, 2.45) is 11.7 Å². The number of nitrogens with one attached hydrogen (secondary N) is 1. The van der Waals surface area contributed by atoms with Crippen molar-refractivity contribution in [1.82, 2.24) is 5.32 Å². The van der Waals surface area contributed by atoms with Gasteiger partial charge in [-0.25, -0.2) is 0 Å². The summed E-state index contributed by atoms with van der Waals surface area (Å²) >= 11 is 0. The van der Waals surface area contributed by atoms with Crippen molar-refractivity contribution < 1.29 is 27.5 Å². The van der Waals surface area contributed by atoms with Crippen molar-refractivity contribution in [1.29, 1.82) is 0 Å². The molecule has 2 amide bonds. The van der Waals surface area contributed by atoms with Gasteiger partial charge in [0.25, 0.3) is 5.91 Å². The highest BCUT2D eigenvalue weighted by molar-refractivity contribution is 5.97. The second-order valence-corrected chi connectivity index (χ2v) is 4.67. The summed E-state index contributed by atoms with van der Waals surface area (Å²) in [6.07, 6.45) is -4.84. The molecule has 0 radical (unpaired) electrons.